The van der Waals surface area contributed by atoms with E-state index in [2.05, 4.69) is 15.4 Å². The van der Waals surface area contributed by atoms with Gasteiger partial charge in [0.1, 0.15) is 5.75 Å². The number of nitrogens with zero attached hydrogens (tertiary/aromatic N) is 3. The SMILES string of the molecule is Oc1ccccc1-c1ccnnn1.[H-].[Na+]. The van der Waals surface area contributed by atoms with E-state index < -0.39 is 0 Å². The van der Waals surface area contributed by atoms with Gasteiger partial charge in [0, 0.05) is 5.56 Å². The van der Waals surface area contributed by atoms with Gasteiger partial charge in [0.05, 0.1) is 11.9 Å². The molecule has 0 bridgehead atoms. The van der Waals surface area contributed by atoms with Crippen molar-refractivity contribution >= 4 is 0 Å². The van der Waals surface area contributed by atoms with Gasteiger partial charge in [0.2, 0.25) is 0 Å². The third-order valence-corrected chi connectivity index (χ3v) is 1.68. The van der Waals surface area contributed by atoms with Gasteiger partial charge < -0.3 is 6.53 Å². The molecule has 0 amide bonds. The standard InChI is InChI=1S/C9H7N3O.Na.H/c13-9-4-2-1-3-7(9)8-5-6-10-12-11-8;;/h1-6,13H;;/q;+1;-1. The number of aromatic hydroxyl groups is 1. The topological polar surface area (TPSA) is 58.9 Å². The van der Waals surface area contributed by atoms with Crippen LogP contribution in [0, 0.1) is 0 Å². The molecule has 1 aromatic carbocycles. The summed E-state index contributed by atoms with van der Waals surface area (Å²) in [7, 11) is 0. The Balaban J connectivity index is 0.000000980. The normalized spacial score (nSPS) is 9.14. The zero-order valence-electron chi connectivity index (χ0n) is 8.75. The first-order valence-electron chi connectivity index (χ1n) is 3.80. The molecule has 0 spiro atoms. The Morgan fingerprint density at radius 3 is 2.57 bits per heavy atom. The fourth-order valence-electron chi connectivity index (χ4n) is 1.07. The van der Waals surface area contributed by atoms with Crippen LogP contribution >= 0.6 is 0 Å². The summed E-state index contributed by atoms with van der Waals surface area (Å²) in [5.41, 5.74) is 1.28. The van der Waals surface area contributed by atoms with E-state index in [1.165, 1.54) is 6.20 Å². The van der Waals surface area contributed by atoms with E-state index >= 15 is 0 Å². The molecule has 2 rings (SSSR count). The van der Waals surface area contributed by atoms with Crippen LogP contribution in [0.15, 0.2) is 36.5 Å². The van der Waals surface area contributed by atoms with E-state index in [0.29, 0.717) is 11.3 Å². The Morgan fingerprint density at radius 2 is 1.93 bits per heavy atom. The monoisotopic (exact) mass is 197 g/mol. The molecule has 0 saturated heterocycles. The first-order chi connectivity index (χ1) is 6.38. The number of phenols is 1. The number of hydrogen-bond donors (Lipinski definition) is 1. The molecule has 0 aliphatic carbocycles. The van der Waals surface area contributed by atoms with Crippen LogP contribution in [-0.4, -0.2) is 20.5 Å². The average Bonchev–Trinajstić information content (AvgIpc) is 2.20. The van der Waals surface area contributed by atoms with E-state index in [9.17, 15) is 5.11 Å². The minimum absolute atomic E-state index is 0. The summed E-state index contributed by atoms with van der Waals surface area (Å²) >= 11 is 0. The summed E-state index contributed by atoms with van der Waals surface area (Å²) in [6.07, 6.45) is 1.54. The van der Waals surface area contributed by atoms with Crippen molar-refractivity contribution < 1.29 is 36.1 Å². The van der Waals surface area contributed by atoms with Crippen molar-refractivity contribution in [2.24, 2.45) is 0 Å². The van der Waals surface area contributed by atoms with E-state index in [-0.39, 0.29) is 36.7 Å². The fourth-order valence-corrected chi connectivity index (χ4v) is 1.07. The maximum atomic E-state index is 9.48. The number of aromatic nitrogens is 3. The zero-order chi connectivity index (χ0) is 9.10. The van der Waals surface area contributed by atoms with Crippen LogP contribution in [0.25, 0.3) is 11.3 Å². The number of phenolic OH excluding ortho intramolecular Hbond substituents is 1. The van der Waals surface area contributed by atoms with Gasteiger partial charge in [-0.15, -0.1) is 10.2 Å². The molecule has 1 N–H and O–H groups in total. The second kappa shape index (κ2) is 5.05. The molecule has 1 heterocycles. The molecule has 0 fully saturated rings. The quantitative estimate of drug-likeness (QED) is 0.557. The summed E-state index contributed by atoms with van der Waals surface area (Å²) in [4.78, 5) is 0. The molecule has 0 atom stereocenters. The first-order valence-corrected chi connectivity index (χ1v) is 3.80. The van der Waals surface area contributed by atoms with Crippen LogP contribution in [0.2, 0.25) is 0 Å². The predicted molar refractivity (Wildman–Crippen MR) is 48.0 cm³/mol. The zero-order valence-corrected chi connectivity index (χ0v) is 9.75. The van der Waals surface area contributed by atoms with Crippen LogP contribution in [0.4, 0.5) is 0 Å². The van der Waals surface area contributed by atoms with Crippen molar-refractivity contribution in [3.8, 4) is 17.0 Å². The van der Waals surface area contributed by atoms with Crippen LogP contribution in [0.1, 0.15) is 1.43 Å². The van der Waals surface area contributed by atoms with Crippen molar-refractivity contribution in [3.63, 3.8) is 0 Å². The Kier molecular flexibility index (Phi) is 4.00. The second-order valence-electron chi connectivity index (χ2n) is 2.52. The van der Waals surface area contributed by atoms with Gasteiger partial charge in [0.25, 0.3) is 0 Å². The Hall–Kier alpha value is -0.970. The molecule has 1 aromatic heterocycles. The largest absolute Gasteiger partial charge is 1.00 e. The van der Waals surface area contributed by atoms with Gasteiger partial charge in [-0.05, 0) is 23.4 Å². The molecule has 0 saturated carbocycles. The molecule has 66 valence electrons. The minimum atomic E-state index is 0. The molecular weight excluding hydrogens is 189 g/mol. The summed E-state index contributed by atoms with van der Waals surface area (Å²) in [6.45, 7) is 0. The van der Waals surface area contributed by atoms with Crippen molar-refractivity contribution in [3.05, 3.63) is 36.5 Å². The van der Waals surface area contributed by atoms with Gasteiger partial charge in [-0.3, -0.25) is 0 Å². The van der Waals surface area contributed by atoms with Crippen molar-refractivity contribution in [2.45, 2.75) is 0 Å². The van der Waals surface area contributed by atoms with Crippen LogP contribution in [0.5, 0.6) is 5.75 Å². The maximum Gasteiger partial charge on any atom is 1.00 e. The van der Waals surface area contributed by atoms with Crippen LogP contribution < -0.4 is 29.6 Å². The number of benzene rings is 1. The third kappa shape index (κ3) is 2.29. The molecule has 2 aromatic rings. The molecule has 0 aliphatic heterocycles. The molecular formula is C9H8N3NaO. The second-order valence-corrected chi connectivity index (χ2v) is 2.52. The van der Waals surface area contributed by atoms with Gasteiger partial charge in [-0.25, -0.2) is 0 Å². The van der Waals surface area contributed by atoms with Crippen LogP contribution in [0.3, 0.4) is 0 Å². The molecule has 5 heteroatoms. The van der Waals surface area contributed by atoms with E-state index in [1.54, 1.807) is 24.3 Å². The Morgan fingerprint density at radius 1 is 1.14 bits per heavy atom. The van der Waals surface area contributed by atoms with Crippen molar-refractivity contribution in [1.29, 1.82) is 0 Å². The predicted octanol–water partition coefficient (Wildman–Crippen LogP) is -1.64. The number of rotatable bonds is 1. The maximum absolute atomic E-state index is 9.48. The average molecular weight is 197 g/mol. The minimum Gasteiger partial charge on any atom is -1.00 e. The van der Waals surface area contributed by atoms with Crippen molar-refractivity contribution in [2.75, 3.05) is 0 Å². The molecule has 14 heavy (non-hydrogen) atoms. The summed E-state index contributed by atoms with van der Waals surface area (Å²) < 4.78 is 0. The Bertz CT molecular complexity index is 413. The fraction of sp³-hybridized carbons (Fsp3) is 0. The smallest absolute Gasteiger partial charge is 1.00 e. The van der Waals surface area contributed by atoms with Gasteiger partial charge in [-0.1, -0.05) is 12.1 Å². The van der Waals surface area contributed by atoms with Gasteiger partial charge in [-0.2, -0.15) is 0 Å². The summed E-state index contributed by atoms with van der Waals surface area (Å²) in [5.74, 6) is 0.197. The summed E-state index contributed by atoms with van der Waals surface area (Å²) in [6, 6.07) is 8.67. The molecule has 0 aliphatic rings. The summed E-state index contributed by atoms with van der Waals surface area (Å²) in [5, 5.41) is 20.3. The number of hydrogen-bond acceptors (Lipinski definition) is 4. The Labute approximate surface area is 105 Å². The first kappa shape index (κ1) is 11.1. The third-order valence-electron chi connectivity index (χ3n) is 1.68. The van der Waals surface area contributed by atoms with E-state index in [4.69, 9.17) is 0 Å². The van der Waals surface area contributed by atoms with Gasteiger partial charge >= 0.3 is 29.6 Å². The molecule has 4 nitrogen and oxygen atoms in total. The van der Waals surface area contributed by atoms with E-state index in [1.807, 2.05) is 6.07 Å². The number of para-hydroxylation sites is 1. The molecule has 0 unspecified atom stereocenters. The van der Waals surface area contributed by atoms with Gasteiger partial charge in [0.15, 0.2) is 0 Å². The molecule has 0 radical (unpaired) electrons. The van der Waals surface area contributed by atoms with E-state index in [0.717, 1.165) is 0 Å². The van der Waals surface area contributed by atoms with Crippen molar-refractivity contribution in [1.82, 2.24) is 15.4 Å². The van der Waals surface area contributed by atoms with Crippen LogP contribution in [-0.2, 0) is 0 Å².